The number of rotatable bonds is 5. The standard InChI is InChI=1S/C15H17ClN4/c1-4-7-17-15-18-11(3)8-14(20-15)19-12-6-5-10(2)13(16)9-12/h4-6,8-9H,1,7H2,2-3H3,(H2,17,18,19,20). The average molecular weight is 289 g/mol. The zero-order valence-corrected chi connectivity index (χ0v) is 12.3. The molecule has 2 rings (SSSR count). The Hall–Kier alpha value is -2.07. The number of anilines is 3. The highest BCUT2D eigenvalue weighted by Gasteiger charge is 2.03. The number of aromatic nitrogens is 2. The molecule has 1 aromatic heterocycles. The summed E-state index contributed by atoms with van der Waals surface area (Å²) in [6.45, 7) is 8.18. The molecule has 20 heavy (non-hydrogen) atoms. The van der Waals surface area contributed by atoms with Crippen LogP contribution < -0.4 is 10.6 Å². The molecular weight excluding hydrogens is 272 g/mol. The van der Waals surface area contributed by atoms with Gasteiger partial charge in [-0.15, -0.1) is 6.58 Å². The van der Waals surface area contributed by atoms with E-state index in [0.717, 1.165) is 27.8 Å². The van der Waals surface area contributed by atoms with Crippen LogP contribution in [0.15, 0.2) is 36.9 Å². The van der Waals surface area contributed by atoms with Crippen LogP contribution in [-0.2, 0) is 0 Å². The molecule has 0 aliphatic heterocycles. The van der Waals surface area contributed by atoms with Gasteiger partial charge in [-0.25, -0.2) is 4.98 Å². The van der Waals surface area contributed by atoms with Gasteiger partial charge in [-0.1, -0.05) is 23.7 Å². The van der Waals surface area contributed by atoms with Crippen molar-refractivity contribution in [3.05, 3.63) is 53.2 Å². The summed E-state index contributed by atoms with van der Waals surface area (Å²) in [5.41, 5.74) is 2.82. The summed E-state index contributed by atoms with van der Waals surface area (Å²) in [6.07, 6.45) is 1.76. The Labute approximate surface area is 123 Å². The van der Waals surface area contributed by atoms with Crippen molar-refractivity contribution in [3.8, 4) is 0 Å². The monoisotopic (exact) mass is 288 g/mol. The Kier molecular flexibility index (Phi) is 4.58. The van der Waals surface area contributed by atoms with Gasteiger partial charge in [0.15, 0.2) is 0 Å². The van der Waals surface area contributed by atoms with Crippen molar-refractivity contribution in [2.24, 2.45) is 0 Å². The van der Waals surface area contributed by atoms with Crippen LogP contribution >= 0.6 is 11.6 Å². The fourth-order valence-corrected chi connectivity index (χ4v) is 1.87. The van der Waals surface area contributed by atoms with Crippen LogP contribution in [0, 0.1) is 13.8 Å². The summed E-state index contributed by atoms with van der Waals surface area (Å²) >= 11 is 6.11. The molecule has 0 radical (unpaired) electrons. The number of hydrogen-bond acceptors (Lipinski definition) is 4. The van der Waals surface area contributed by atoms with Gasteiger partial charge in [-0.05, 0) is 31.5 Å². The minimum Gasteiger partial charge on any atom is -0.351 e. The highest BCUT2D eigenvalue weighted by molar-refractivity contribution is 6.31. The van der Waals surface area contributed by atoms with Crippen molar-refractivity contribution in [3.63, 3.8) is 0 Å². The minimum atomic E-state index is 0.575. The van der Waals surface area contributed by atoms with Gasteiger partial charge in [-0.3, -0.25) is 0 Å². The fraction of sp³-hybridized carbons (Fsp3) is 0.200. The Bertz CT molecular complexity index is 625. The third-order valence-corrected chi connectivity index (χ3v) is 3.11. The van der Waals surface area contributed by atoms with Crippen LogP contribution in [0.4, 0.5) is 17.5 Å². The zero-order chi connectivity index (χ0) is 14.5. The molecule has 0 aliphatic carbocycles. The van der Waals surface area contributed by atoms with E-state index in [1.807, 2.05) is 38.1 Å². The lowest BCUT2D eigenvalue weighted by atomic mass is 10.2. The van der Waals surface area contributed by atoms with E-state index >= 15 is 0 Å². The second-order valence-electron chi connectivity index (χ2n) is 4.48. The van der Waals surface area contributed by atoms with Gasteiger partial charge in [0, 0.05) is 29.0 Å². The maximum Gasteiger partial charge on any atom is 0.225 e. The van der Waals surface area contributed by atoms with Gasteiger partial charge in [-0.2, -0.15) is 4.98 Å². The molecule has 0 aliphatic rings. The first-order valence-corrected chi connectivity index (χ1v) is 6.70. The van der Waals surface area contributed by atoms with Crippen LogP contribution in [0.2, 0.25) is 5.02 Å². The largest absolute Gasteiger partial charge is 0.351 e. The molecule has 0 amide bonds. The second kappa shape index (κ2) is 6.39. The van der Waals surface area contributed by atoms with Gasteiger partial charge in [0.2, 0.25) is 5.95 Å². The van der Waals surface area contributed by atoms with Crippen molar-refractivity contribution in [1.29, 1.82) is 0 Å². The lowest BCUT2D eigenvalue weighted by molar-refractivity contribution is 1.08. The maximum absolute atomic E-state index is 6.11. The lowest BCUT2D eigenvalue weighted by Gasteiger charge is -2.10. The van der Waals surface area contributed by atoms with Crippen molar-refractivity contribution in [2.75, 3.05) is 17.2 Å². The van der Waals surface area contributed by atoms with Gasteiger partial charge in [0.1, 0.15) is 5.82 Å². The number of halogens is 1. The molecular formula is C15H17ClN4. The molecule has 0 fully saturated rings. The Balaban J connectivity index is 2.21. The molecule has 4 nitrogen and oxygen atoms in total. The molecule has 0 unspecified atom stereocenters. The van der Waals surface area contributed by atoms with Crippen molar-refractivity contribution < 1.29 is 0 Å². The van der Waals surface area contributed by atoms with E-state index in [1.165, 1.54) is 0 Å². The van der Waals surface area contributed by atoms with E-state index in [2.05, 4.69) is 27.2 Å². The smallest absolute Gasteiger partial charge is 0.225 e. The highest BCUT2D eigenvalue weighted by Crippen LogP contribution is 2.23. The molecule has 5 heteroatoms. The van der Waals surface area contributed by atoms with E-state index in [-0.39, 0.29) is 0 Å². The first-order valence-electron chi connectivity index (χ1n) is 6.32. The topological polar surface area (TPSA) is 49.8 Å². The first kappa shape index (κ1) is 14.3. The average Bonchev–Trinajstić information content (AvgIpc) is 2.40. The van der Waals surface area contributed by atoms with E-state index in [0.29, 0.717) is 12.5 Å². The van der Waals surface area contributed by atoms with Gasteiger partial charge >= 0.3 is 0 Å². The predicted molar refractivity (Wildman–Crippen MR) is 84.9 cm³/mol. The van der Waals surface area contributed by atoms with Gasteiger partial charge in [0.25, 0.3) is 0 Å². The third kappa shape index (κ3) is 3.71. The lowest BCUT2D eigenvalue weighted by Crippen LogP contribution is -2.05. The summed E-state index contributed by atoms with van der Waals surface area (Å²) in [7, 11) is 0. The minimum absolute atomic E-state index is 0.575. The van der Waals surface area contributed by atoms with E-state index in [4.69, 9.17) is 11.6 Å². The molecule has 0 saturated carbocycles. The number of benzene rings is 1. The summed E-state index contributed by atoms with van der Waals surface area (Å²) in [5.74, 6) is 1.30. The highest BCUT2D eigenvalue weighted by atomic mass is 35.5. The van der Waals surface area contributed by atoms with Crippen LogP contribution in [0.5, 0.6) is 0 Å². The van der Waals surface area contributed by atoms with Crippen molar-refractivity contribution >= 4 is 29.1 Å². The fourth-order valence-electron chi connectivity index (χ4n) is 1.69. The molecule has 0 atom stereocenters. The molecule has 1 heterocycles. The number of aryl methyl sites for hydroxylation is 2. The van der Waals surface area contributed by atoms with Crippen LogP contribution in [0.25, 0.3) is 0 Å². The molecule has 1 aromatic carbocycles. The van der Waals surface area contributed by atoms with Gasteiger partial charge < -0.3 is 10.6 Å². The molecule has 104 valence electrons. The van der Waals surface area contributed by atoms with E-state index < -0.39 is 0 Å². The summed E-state index contributed by atoms with van der Waals surface area (Å²) in [6, 6.07) is 7.70. The second-order valence-corrected chi connectivity index (χ2v) is 4.88. The summed E-state index contributed by atoms with van der Waals surface area (Å²) in [4.78, 5) is 8.70. The quantitative estimate of drug-likeness (QED) is 0.814. The Morgan fingerprint density at radius 3 is 2.75 bits per heavy atom. The van der Waals surface area contributed by atoms with Crippen LogP contribution in [0.3, 0.4) is 0 Å². The summed E-state index contributed by atoms with van der Waals surface area (Å²) < 4.78 is 0. The predicted octanol–water partition coefficient (Wildman–Crippen LogP) is 4.09. The van der Waals surface area contributed by atoms with Crippen molar-refractivity contribution in [2.45, 2.75) is 13.8 Å². The first-order chi connectivity index (χ1) is 9.58. The molecule has 2 aromatic rings. The van der Waals surface area contributed by atoms with Gasteiger partial charge in [0.05, 0.1) is 0 Å². The summed E-state index contributed by atoms with van der Waals surface area (Å²) in [5, 5.41) is 7.03. The number of nitrogens with one attached hydrogen (secondary N) is 2. The SMILES string of the molecule is C=CCNc1nc(C)cc(Nc2ccc(C)c(Cl)c2)n1. The van der Waals surface area contributed by atoms with Crippen LogP contribution in [-0.4, -0.2) is 16.5 Å². The normalized spacial score (nSPS) is 10.2. The zero-order valence-electron chi connectivity index (χ0n) is 11.6. The van der Waals surface area contributed by atoms with E-state index in [9.17, 15) is 0 Å². The molecule has 0 saturated heterocycles. The Morgan fingerprint density at radius 1 is 1.25 bits per heavy atom. The molecule has 2 N–H and O–H groups in total. The molecule has 0 bridgehead atoms. The van der Waals surface area contributed by atoms with E-state index in [1.54, 1.807) is 6.08 Å². The number of hydrogen-bond donors (Lipinski definition) is 2. The number of nitrogens with zero attached hydrogens (tertiary/aromatic N) is 2. The Morgan fingerprint density at radius 2 is 2.05 bits per heavy atom. The van der Waals surface area contributed by atoms with Crippen LogP contribution in [0.1, 0.15) is 11.3 Å². The maximum atomic E-state index is 6.11. The molecule has 0 spiro atoms. The van der Waals surface area contributed by atoms with Crippen molar-refractivity contribution in [1.82, 2.24) is 9.97 Å². The third-order valence-electron chi connectivity index (χ3n) is 2.70.